The molecular formula is C20H25N. The Morgan fingerprint density at radius 1 is 0.857 bits per heavy atom. The van der Waals surface area contributed by atoms with Crippen LogP contribution in [0.4, 0.5) is 0 Å². The first kappa shape index (κ1) is 14.3. The molecule has 0 saturated carbocycles. The van der Waals surface area contributed by atoms with Crippen LogP contribution >= 0.6 is 0 Å². The van der Waals surface area contributed by atoms with E-state index in [9.17, 15) is 0 Å². The highest BCUT2D eigenvalue weighted by molar-refractivity contribution is 5.30. The summed E-state index contributed by atoms with van der Waals surface area (Å²) in [5.41, 5.74) is 4.56. The van der Waals surface area contributed by atoms with Crippen molar-refractivity contribution in [1.29, 1.82) is 0 Å². The van der Waals surface area contributed by atoms with Crippen LogP contribution in [0.1, 0.15) is 36.0 Å². The molecule has 0 bridgehead atoms. The molecule has 2 aromatic rings. The van der Waals surface area contributed by atoms with Crippen LogP contribution < -0.4 is 5.32 Å². The molecule has 0 aromatic heterocycles. The summed E-state index contributed by atoms with van der Waals surface area (Å²) in [4.78, 5) is 0. The molecule has 21 heavy (non-hydrogen) atoms. The third-order valence-electron chi connectivity index (χ3n) is 4.51. The molecular weight excluding hydrogens is 254 g/mol. The van der Waals surface area contributed by atoms with Crippen molar-refractivity contribution in [1.82, 2.24) is 5.32 Å². The molecule has 1 nitrogen and oxygen atoms in total. The minimum atomic E-state index is 0.677. The summed E-state index contributed by atoms with van der Waals surface area (Å²) < 4.78 is 0. The fraction of sp³-hybridized carbons (Fsp3) is 0.400. The topological polar surface area (TPSA) is 12.0 Å². The van der Waals surface area contributed by atoms with E-state index in [1.165, 1.54) is 44.1 Å². The van der Waals surface area contributed by atoms with E-state index in [-0.39, 0.29) is 0 Å². The van der Waals surface area contributed by atoms with Crippen molar-refractivity contribution >= 4 is 0 Å². The molecule has 0 heterocycles. The van der Waals surface area contributed by atoms with E-state index in [1.807, 2.05) is 0 Å². The lowest BCUT2D eigenvalue weighted by Gasteiger charge is -2.25. The Morgan fingerprint density at radius 2 is 1.62 bits per heavy atom. The van der Waals surface area contributed by atoms with Crippen molar-refractivity contribution in [2.45, 2.75) is 44.6 Å². The molecule has 0 spiro atoms. The minimum Gasteiger partial charge on any atom is -0.314 e. The Bertz CT molecular complexity index is 547. The lowest BCUT2D eigenvalue weighted by atomic mass is 9.88. The van der Waals surface area contributed by atoms with Crippen LogP contribution in [0.2, 0.25) is 0 Å². The van der Waals surface area contributed by atoms with Crippen LogP contribution in [0.25, 0.3) is 0 Å². The van der Waals surface area contributed by atoms with Gasteiger partial charge >= 0.3 is 0 Å². The van der Waals surface area contributed by atoms with Crippen LogP contribution in [0.5, 0.6) is 0 Å². The largest absolute Gasteiger partial charge is 0.314 e. The van der Waals surface area contributed by atoms with Crippen LogP contribution in [-0.2, 0) is 19.3 Å². The van der Waals surface area contributed by atoms with Crippen molar-refractivity contribution in [2.75, 3.05) is 6.54 Å². The standard InChI is InChI=1S/C20H25N/c1-2-8-17(9-3-1)10-6-7-15-21-20-14-13-18-11-4-5-12-19(18)16-20/h1-5,8-9,11-12,20-21H,6-7,10,13-16H2. The predicted octanol–water partition coefficient (Wildman–Crippen LogP) is 4.16. The van der Waals surface area contributed by atoms with Gasteiger partial charge in [-0.1, -0.05) is 54.6 Å². The maximum atomic E-state index is 3.75. The van der Waals surface area contributed by atoms with Crippen molar-refractivity contribution < 1.29 is 0 Å². The minimum absolute atomic E-state index is 0.677. The second-order valence-corrected chi connectivity index (χ2v) is 6.11. The molecule has 0 aliphatic heterocycles. The fourth-order valence-electron chi connectivity index (χ4n) is 3.28. The maximum Gasteiger partial charge on any atom is 0.0111 e. The predicted molar refractivity (Wildman–Crippen MR) is 89.6 cm³/mol. The summed E-state index contributed by atoms with van der Waals surface area (Å²) >= 11 is 0. The summed E-state index contributed by atoms with van der Waals surface area (Å²) in [6, 6.07) is 20.4. The number of rotatable bonds is 6. The van der Waals surface area contributed by atoms with Gasteiger partial charge in [-0.3, -0.25) is 0 Å². The average molecular weight is 279 g/mol. The molecule has 3 rings (SSSR count). The van der Waals surface area contributed by atoms with Gasteiger partial charge in [0.1, 0.15) is 0 Å². The van der Waals surface area contributed by atoms with E-state index < -0.39 is 0 Å². The van der Waals surface area contributed by atoms with Crippen LogP contribution in [0.3, 0.4) is 0 Å². The number of aryl methyl sites for hydroxylation is 2. The van der Waals surface area contributed by atoms with Gasteiger partial charge in [0.15, 0.2) is 0 Å². The smallest absolute Gasteiger partial charge is 0.0111 e. The van der Waals surface area contributed by atoms with Crippen molar-refractivity contribution in [3.63, 3.8) is 0 Å². The Kier molecular flexibility index (Phi) is 5.07. The first-order valence-electron chi connectivity index (χ1n) is 8.26. The summed E-state index contributed by atoms with van der Waals surface area (Å²) in [7, 11) is 0. The number of unbranched alkanes of at least 4 members (excludes halogenated alkanes) is 1. The molecule has 2 aromatic carbocycles. The SMILES string of the molecule is c1ccc(CCCCNC2CCc3ccccc3C2)cc1. The zero-order valence-corrected chi connectivity index (χ0v) is 12.7. The van der Waals surface area contributed by atoms with E-state index in [2.05, 4.69) is 59.9 Å². The van der Waals surface area contributed by atoms with Crippen molar-refractivity contribution in [3.8, 4) is 0 Å². The van der Waals surface area contributed by atoms with Gasteiger partial charge in [0, 0.05) is 6.04 Å². The third-order valence-corrected chi connectivity index (χ3v) is 4.51. The summed E-state index contributed by atoms with van der Waals surface area (Å²) in [5.74, 6) is 0. The Labute approximate surface area is 128 Å². The Morgan fingerprint density at radius 3 is 2.48 bits per heavy atom. The monoisotopic (exact) mass is 279 g/mol. The molecule has 0 radical (unpaired) electrons. The average Bonchev–Trinajstić information content (AvgIpc) is 2.55. The molecule has 1 aliphatic carbocycles. The van der Waals surface area contributed by atoms with Crippen molar-refractivity contribution in [3.05, 3.63) is 71.3 Å². The van der Waals surface area contributed by atoms with Gasteiger partial charge in [-0.2, -0.15) is 0 Å². The second-order valence-electron chi connectivity index (χ2n) is 6.11. The summed E-state index contributed by atoms with van der Waals surface area (Å²) in [5, 5.41) is 3.75. The Hall–Kier alpha value is -1.60. The fourth-order valence-corrected chi connectivity index (χ4v) is 3.28. The van der Waals surface area contributed by atoms with Gasteiger partial charge in [-0.15, -0.1) is 0 Å². The van der Waals surface area contributed by atoms with E-state index >= 15 is 0 Å². The normalized spacial score (nSPS) is 17.4. The van der Waals surface area contributed by atoms with Crippen LogP contribution in [0, 0.1) is 0 Å². The highest BCUT2D eigenvalue weighted by Gasteiger charge is 2.16. The lowest BCUT2D eigenvalue weighted by Crippen LogP contribution is -2.35. The zero-order chi connectivity index (χ0) is 14.3. The summed E-state index contributed by atoms with van der Waals surface area (Å²) in [6.45, 7) is 1.15. The summed E-state index contributed by atoms with van der Waals surface area (Å²) in [6.07, 6.45) is 7.48. The molecule has 1 unspecified atom stereocenters. The molecule has 0 fully saturated rings. The van der Waals surface area contributed by atoms with E-state index in [0.29, 0.717) is 6.04 Å². The first-order chi connectivity index (χ1) is 10.4. The number of hydrogen-bond acceptors (Lipinski definition) is 1. The quantitative estimate of drug-likeness (QED) is 0.783. The zero-order valence-electron chi connectivity index (χ0n) is 12.7. The highest BCUT2D eigenvalue weighted by atomic mass is 14.9. The number of benzene rings is 2. The van der Waals surface area contributed by atoms with Gasteiger partial charge in [0.25, 0.3) is 0 Å². The number of hydrogen-bond donors (Lipinski definition) is 1. The van der Waals surface area contributed by atoms with Crippen LogP contribution in [-0.4, -0.2) is 12.6 Å². The Balaban J connectivity index is 1.35. The lowest BCUT2D eigenvalue weighted by molar-refractivity contribution is 0.451. The molecule has 1 atom stereocenters. The van der Waals surface area contributed by atoms with Gasteiger partial charge < -0.3 is 5.32 Å². The molecule has 1 aliphatic rings. The third kappa shape index (κ3) is 4.18. The second kappa shape index (κ2) is 7.42. The van der Waals surface area contributed by atoms with E-state index in [4.69, 9.17) is 0 Å². The number of nitrogens with one attached hydrogen (secondary N) is 1. The highest BCUT2D eigenvalue weighted by Crippen LogP contribution is 2.20. The first-order valence-corrected chi connectivity index (χ1v) is 8.26. The molecule has 0 amide bonds. The van der Waals surface area contributed by atoms with Crippen LogP contribution in [0.15, 0.2) is 54.6 Å². The molecule has 1 N–H and O–H groups in total. The molecule has 110 valence electrons. The van der Waals surface area contributed by atoms with Gasteiger partial charge in [0.05, 0.1) is 0 Å². The van der Waals surface area contributed by atoms with Crippen molar-refractivity contribution in [2.24, 2.45) is 0 Å². The van der Waals surface area contributed by atoms with E-state index in [1.54, 1.807) is 11.1 Å². The van der Waals surface area contributed by atoms with E-state index in [0.717, 1.165) is 6.54 Å². The maximum absolute atomic E-state index is 3.75. The van der Waals surface area contributed by atoms with Gasteiger partial charge in [0.2, 0.25) is 0 Å². The number of fused-ring (bicyclic) bond motifs is 1. The van der Waals surface area contributed by atoms with Gasteiger partial charge in [-0.05, 0) is 61.8 Å². The van der Waals surface area contributed by atoms with Gasteiger partial charge in [-0.25, -0.2) is 0 Å². The molecule has 1 heteroatoms. The molecule has 0 saturated heterocycles.